The molecular weight excluding hydrogens is 352 g/mol. The van der Waals surface area contributed by atoms with Gasteiger partial charge in [0.15, 0.2) is 24.6 Å². The minimum atomic E-state index is -1.42. The molecule has 2 aliphatic rings. The molecule has 2 aliphatic heterocycles. The van der Waals surface area contributed by atoms with Gasteiger partial charge in [-0.05, 0) is 6.92 Å². The van der Waals surface area contributed by atoms with Crippen molar-refractivity contribution in [3.8, 4) is 0 Å². The Kier molecular flexibility index (Phi) is 6.56. The van der Waals surface area contributed by atoms with Gasteiger partial charge in [-0.2, -0.15) is 0 Å². The van der Waals surface area contributed by atoms with Crippen LogP contribution in [0, 0.1) is 0 Å². The minimum Gasteiger partial charge on any atom is -0.463 e. The number of carbonyl (C=O) groups is 3. The van der Waals surface area contributed by atoms with E-state index in [9.17, 15) is 14.4 Å². The third kappa shape index (κ3) is 4.91. The van der Waals surface area contributed by atoms with Gasteiger partial charge in [-0.3, -0.25) is 19.1 Å². The highest BCUT2D eigenvalue weighted by molar-refractivity contribution is 5.67. The Hall–Kier alpha value is -1.75. The normalized spacial score (nSPS) is 36.1. The molecule has 2 rings (SSSR count). The van der Waals surface area contributed by atoms with E-state index in [-0.39, 0.29) is 6.61 Å². The molecular formula is C16H24O10. The molecule has 0 radical (unpaired) electrons. The fourth-order valence-corrected chi connectivity index (χ4v) is 2.91. The summed E-state index contributed by atoms with van der Waals surface area (Å²) in [4.78, 5) is 34.2. The van der Waals surface area contributed by atoms with Gasteiger partial charge in [0.05, 0.1) is 0 Å². The summed E-state index contributed by atoms with van der Waals surface area (Å²) < 4.78 is 38.2. The van der Waals surface area contributed by atoms with Crippen LogP contribution in [0.25, 0.3) is 0 Å². The molecule has 0 saturated carbocycles. The minimum absolute atomic E-state index is 0.219. The van der Waals surface area contributed by atoms with Gasteiger partial charge in [-0.1, -0.05) is 0 Å². The van der Waals surface area contributed by atoms with Crippen molar-refractivity contribution in [3.63, 3.8) is 0 Å². The molecule has 2 heterocycles. The Morgan fingerprint density at radius 2 is 1.58 bits per heavy atom. The van der Waals surface area contributed by atoms with Crippen molar-refractivity contribution in [1.82, 2.24) is 0 Å². The van der Waals surface area contributed by atoms with Crippen molar-refractivity contribution < 1.29 is 47.5 Å². The van der Waals surface area contributed by atoms with Crippen LogP contribution in [-0.2, 0) is 47.5 Å². The summed E-state index contributed by atoms with van der Waals surface area (Å²) in [5.41, 5.74) is 0. The van der Waals surface area contributed by atoms with Gasteiger partial charge in [0, 0.05) is 34.3 Å². The first-order valence-electron chi connectivity index (χ1n) is 8.28. The Balaban J connectivity index is 2.29. The third-order valence-corrected chi connectivity index (χ3v) is 3.73. The zero-order chi connectivity index (χ0) is 19.5. The van der Waals surface area contributed by atoms with E-state index >= 15 is 0 Å². The number of hydrogen-bond acceptors (Lipinski definition) is 10. The zero-order valence-electron chi connectivity index (χ0n) is 15.4. The molecule has 0 aromatic carbocycles. The van der Waals surface area contributed by atoms with Crippen LogP contribution >= 0.6 is 0 Å². The van der Waals surface area contributed by atoms with E-state index in [4.69, 9.17) is 33.2 Å². The largest absolute Gasteiger partial charge is 0.463 e. The second kappa shape index (κ2) is 8.30. The summed E-state index contributed by atoms with van der Waals surface area (Å²) in [7, 11) is 0. The maximum absolute atomic E-state index is 11.6. The molecule has 6 unspecified atom stereocenters. The van der Waals surface area contributed by atoms with E-state index in [1.54, 1.807) is 13.8 Å². The average Bonchev–Trinajstić information content (AvgIpc) is 2.83. The standard InChI is InChI=1S/C16H24O10/c1-6-21-16(5)25-14-13(23-10(4)19)12(22-9(3)18)11(7-20-8(2)17)24-15(14)26-16/h11-15H,6-7H2,1-5H3. The predicted octanol–water partition coefficient (Wildman–Crippen LogP) is 0.263. The van der Waals surface area contributed by atoms with E-state index in [0.717, 1.165) is 0 Å². The van der Waals surface area contributed by atoms with E-state index < -0.39 is 54.6 Å². The molecule has 10 nitrogen and oxygen atoms in total. The summed E-state index contributed by atoms with van der Waals surface area (Å²) in [6.45, 7) is 7.04. The number of rotatable bonds is 6. The fraction of sp³-hybridized carbons (Fsp3) is 0.812. The first kappa shape index (κ1) is 20.6. The van der Waals surface area contributed by atoms with Gasteiger partial charge in [0.2, 0.25) is 0 Å². The first-order valence-corrected chi connectivity index (χ1v) is 8.28. The molecule has 2 fully saturated rings. The molecule has 0 N–H and O–H groups in total. The van der Waals surface area contributed by atoms with Crippen LogP contribution in [0.4, 0.5) is 0 Å². The van der Waals surface area contributed by atoms with Gasteiger partial charge in [-0.15, -0.1) is 0 Å². The Morgan fingerprint density at radius 1 is 0.962 bits per heavy atom. The van der Waals surface area contributed by atoms with Gasteiger partial charge < -0.3 is 28.4 Å². The van der Waals surface area contributed by atoms with Crippen LogP contribution in [0.2, 0.25) is 0 Å². The van der Waals surface area contributed by atoms with Crippen LogP contribution < -0.4 is 0 Å². The Bertz CT molecular complexity index is 549. The van der Waals surface area contributed by atoms with E-state index in [1.165, 1.54) is 20.8 Å². The molecule has 148 valence electrons. The number of esters is 3. The highest BCUT2D eigenvalue weighted by Gasteiger charge is 2.59. The van der Waals surface area contributed by atoms with Crippen molar-refractivity contribution in [3.05, 3.63) is 0 Å². The van der Waals surface area contributed by atoms with Crippen molar-refractivity contribution in [1.29, 1.82) is 0 Å². The smallest absolute Gasteiger partial charge is 0.303 e. The van der Waals surface area contributed by atoms with Crippen molar-refractivity contribution in [2.24, 2.45) is 0 Å². The van der Waals surface area contributed by atoms with E-state index in [0.29, 0.717) is 6.61 Å². The quantitative estimate of drug-likeness (QED) is 0.472. The fourth-order valence-electron chi connectivity index (χ4n) is 2.91. The predicted molar refractivity (Wildman–Crippen MR) is 82.4 cm³/mol. The number of carbonyl (C=O) groups excluding carboxylic acids is 3. The number of fused-ring (bicyclic) bond motifs is 1. The third-order valence-electron chi connectivity index (χ3n) is 3.73. The summed E-state index contributed by atoms with van der Waals surface area (Å²) in [5, 5.41) is 0. The van der Waals surface area contributed by atoms with Crippen LogP contribution in [0.1, 0.15) is 34.6 Å². The molecule has 6 atom stereocenters. The van der Waals surface area contributed by atoms with Crippen LogP contribution in [0.5, 0.6) is 0 Å². The molecule has 0 aromatic rings. The second-order valence-electron chi connectivity index (χ2n) is 5.99. The molecule has 0 amide bonds. The molecule has 0 aromatic heterocycles. The molecule has 0 aliphatic carbocycles. The SMILES string of the molecule is CCOC1(C)OC2OC(COC(C)=O)C(OC(C)=O)C(OC(C)=O)C2O1. The molecule has 0 bridgehead atoms. The summed E-state index contributed by atoms with van der Waals surface area (Å²) in [5.74, 6) is -3.18. The summed E-state index contributed by atoms with van der Waals surface area (Å²) in [6, 6.07) is 0. The van der Waals surface area contributed by atoms with Crippen molar-refractivity contribution in [2.45, 2.75) is 71.3 Å². The van der Waals surface area contributed by atoms with Gasteiger partial charge in [-0.25, -0.2) is 0 Å². The molecule has 2 saturated heterocycles. The second-order valence-corrected chi connectivity index (χ2v) is 5.99. The van der Waals surface area contributed by atoms with Gasteiger partial charge in [0.1, 0.15) is 12.7 Å². The number of hydrogen-bond donors (Lipinski definition) is 0. The molecule has 0 spiro atoms. The van der Waals surface area contributed by atoms with Gasteiger partial charge >= 0.3 is 17.9 Å². The lowest BCUT2D eigenvalue weighted by atomic mass is 9.98. The zero-order valence-corrected chi connectivity index (χ0v) is 15.4. The maximum Gasteiger partial charge on any atom is 0.303 e. The number of ether oxygens (including phenoxy) is 7. The average molecular weight is 376 g/mol. The monoisotopic (exact) mass is 376 g/mol. The van der Waals surface area contributed by atoms with Crippen LogP contribution in [0.15, 0.2) is 0 Å². The lowest BCUT2D eigenvalue weighted by Gasteiger charge is -2.40. The lowest BCUT2D eigenvalue weighted by molar-refractivity contribution is -0.342. The highest BCUT2D eigenvalue weighted by Crippen LogP contribution is 2.39. The lowest BCUT2D eigenvalue weighted by Crippen LogP contribution is -2.60. The Labute approximate surface area is 150 Å². The summed E-state index contributed by atoms with van der Waals surface area (Å²) in [6.07, 6.45) is -4.86. The van der Waals surface area contributed by atoms with Crippen molar-refractivity contribution in [2.75, 3.05) is 13.2 Å². The molecule has 10 heteroatoms. The van der Waals surface area contributed by atoms with Gasteiger partial charge in [0.25, 0.3) is 5.97 Å². The van der Waals surface area contributed by atoms with Crippen LogP contribution in [0.3, 0.4) is 0 Å². The van der Waals surface area contributed by atoms with E-state index in [2.05, 4.69) is 0 Å². The molecule has 26 heavy (non-hydrogen) atoms. The first-order chi connectivity index (χ1) is 12.1. The Morgan fingerprint density at radius 3 is 2.12 bits per heavy atom. The topological polar surface area (TPSA) is 116 Å². The van der Waals surface area contributed by atoms with E-state index in [1.807, 2.05) is 0 Å². The van der Waals surface area contributed by atoms with Crippen molar-refractivity contribution >= 4 is 17.9 Å². The maximum atomic E-state index is 11.6. The van der Waals surface area contributed by atoms with Crippen LogP contribution in [-0.4, -0.2) is 67.8 Å². The summed E-state index contributed by atoms with van der Waals surface area (Å²) >= 11 is 0. The highest BCUT2D eigenvalue weighted by atomic mass is 16.9.